The number of aryl methyl sites for hydroxylation is 3. The Morgan fingerprint density at radius 2 is 1.75 bits per heavy atom. The molecular weight excluding hydrogens is 318 g/mol. The van der Waals surface area contributed by atoms with Gasteiger partial charge < -0.3 is 10.1 Å². The molecule has 2 aromatic rings. The van der Waals surface area contributed by atoms with Crippen molar-refractivity contribution in [2.45, 2.75) is 27.7 Å². The van der Waals surface area contributed by atoms with Crippen LogP contribution in [0.1, 0.15) is 23.7 Å². The summed E-state index contributed by atoms with van der Waals surface area (Å²) in [6, 6.07) is 5.80. The van der Waals surface area contributed by atoms with Crippen LogP contribution in [0, 0.1) is 20.8 Å². The summed E-state index contributed by atoms with van der Waals surface area (Å²) in [4.78, 5) is 8.65. The molecule has 0 saturated carbocycles. The first-order chi connectivity index (χ1) is 9.49. The molecule has 0 fully saturated rings. The van der Waals surface area contributed by atoms with Gasteiger partial charge in [0.1, 0.15) is 5.75 Å². The van der Waals surface area contributed by atoms with E-state index >= 15 is 0 Å². The molecular formula is C15H18BrN3O. The Hall–Kier alpha value is -1.62. The highest BCUT2D eigenvalue weighted by Gasteiger charge is 2.07. The van der Waals surface area contributed by atoms with Crippen molar-refractivity contribution >= 4 is 21.9 Å². The number of rotatable bonds is 4. The molecule has 0 atom stereocenters. The van der Waals surface area contributed by atoms with Gasteiger partial charge in [0, 0.05) is 22.8 Å². The lowest BCUT2D eigenvalue weighted by Crippen LogP contribution is -2.04. The number of anilines is 1. The maximum Gasteiger partial charge on any atom is 0.226 e. The lowest BCUT2D eigenvalue weighted by atomic mass is 10.1. The SMILES string of the molecule is CCNc1nc(C)cc(Oc2cc(C)c(Br)c(C)c2)n1. The highest BCUT2D eigenvalue weighted by Crippen LogP contribution is 2.29. The number of halogens is 1. The van der Waals surface area contributed by atoms with Gasteiger partial charge in [-0.3, -0.25) is 0 Å². The normalized spacial score (nSPS) is 10.4. The van der Waals surface area contributed by atoms with Crippen molar-refractivity contribution in [2.24, 2.45) is 0 Å². The van der Waals surface area contributed by atoms with Gasteiger partial charge in [-0.05, 0) is 51.0 Å². The third-order valence-corrected chi connectivity index (χ3v) is 4.05. The summed E-state index contributed by atoms with van der Waals surface area (Å²) in [7, 11) is 0. The Morgan fingerprint density at radius 3 is 2.35 bits per heavy atom. The van der Waals surface area contributed by atoms with Gasteiger partial charge in [0.25, 0.3) is 0 Å². The van der Waals surface area contributed by atoms with Crippen LogP contribution in [0.25, 0.3) is 0 Å². The summed E-state index contributed by atoms with van der Waals surface area (Å²) in [6.07, 6.45) is 0. The molecule has 0 aliphatic heterocycles. The van der Waals surface area contributed by atoms with Gasteiger partial charge >= 0.3 is 0 Å². The Morgan fingerprint density at radius 1 is 1.10 bits per heavy atom. The van der Waals surface area contributed by atoms with Gasteiger partial charge in [-0.25, -0.2) is 4.98 Å². The third-order valence-electron chi connectivity index (χ3n) is 2.80. The standard InChI is InChI=1S/C15H18BrN3O/c1-5-17-15-18-11(4)8-13(19-15)20-12-6-9(2)14(16)10(3)7-12/h6-8H,5H2,1-4H3,(H,17,18,19). The van der Waals surface area contributed by atoms with E-state index in [1.165, 1.54) is 0 Å². The highest BCUT2D eigenvalue weighted by atomic mass is 79.9. The highest BCUT2D eigenvalue weighted by molar-refractivity contribution is 9.10. The molecule has 106 valence electrons. The molecule has 0 amide bonds. The minimum Gasteiger partial charge on any atom is -0.439 e. The molecule has 1 aromatic heterocycles. The van der Waals surface area contributed by atoms with E-state index in [4.69, 9.17) is 4.74 Å². The van der Waals surface area contributed by atoms with Crippen LogP contribution in [0.5, 0.6) is 11.6 Å². The van der Waals surface area contributed by atoms with Gasteiger partial charge in [-0.15, -0.1) is 0 Å². The molecule has 2 rings (SSSR count). The summed E-state index contributed by atoms with van der Waals surface area (Å²) in [6.45, 7) is 8.79. The summed E-state index contributed by atoms with van der Waals surface area (Å²) >= 11 is 3.55. The second-order valence-electron chi connectivity index (χ2n) is 4.67. The fourth-order valence-electron chi connectivity index (χ4n) is 1.91. The van der Waals surface area contributed by atoms with Crippen LogP contribution >= 0.6 is 15.9 Å². The Bertz CT molecular complexity index is 606. The Kier molecular flexibility index (Phi) is 4.60. The smallest absolute Gasteiger partial charge is 0.226 e. The summed E-state index contributed by atoms with van der Waals surface area (Å²) in [5, 5.41) is 3.10. The maximum atomic E-state index is 5.85. The van der Waals surface area contributed by atoms with Gasteiger partial charge in [-0.2, -0.15) is 4.98 Å². The second-order valence-corrected chi connectivity index (χ2v) is 5.47. The fourth-order valence-corrected chi connectivity index (χ4v) is 2.14. The van der Waals surface area contributed by atoms with E-state index in [-0.39, 0.29) is 0 Å². The van der Waals surface area contributed by atoms with Gasteiger partial charge in [0.05, 0.1) is 0 Å². The molecule has 0 spiro atoms. The molecule has 4 nitrogen and oxygen atoms in total. The van der Waals surface area contributed by atoms with Crippen molar-refractivity contribution in [1.29, 1.82) is 0 Å². The van der Waals surface area contributed by atoms with Crippen molar-refractivity contribution in [3.8, 4) is 11.6 Å². The molecule has 5 heteroatoms. The molecule has 0 unspecified atom stereocenters. The minimum atomic E-state index is 0.551. The zero-order chi connectivity index (χ0) is 14.7. The molecule has 0 aliphatic carbocycles. The van der Waals surface area contributed by atoms with Crippen molar-refractivity contribution in [1.82, 2.24) is 9.97 Å². The quantitative estimate of drug-likeness (QED) is 0.900. The Balaban J connectivity index is 2.30. The molecule has 1 N–H and O–H groups in total. The number of ether oxygens (including phenoxy) is 1. The van der Waals surface area contributed by atoms with E-state index in [1.54, 1.807) is 0 Å². The number of hydrogen-bond acceptors (Lipinski definition) is 4. The topological polar surface area (TPSA) is 47.0 Å². The molecule has 1 heterocycles. The zero-order valence-corrected chi connectivity index (χ0v) is 13.7. The van der Waals surface area contributed by atoms with Crippen LogP contribution in [-0.4, -0.2) is 16.5 Å². The van der Waals surface area contributed by atoms with E-state index in [9.17, 15) is 0 Å². The number of hydrogen-bond donors (Lipinski definition) is 1. The molecule has 20 heavy (non-hydrogen) atoms. The first-order valence-corrected chi connectivity index (χ1v) is 7.33. The second kappa shape index (κ2) is 6.22. The van der Waals surface area contributed by atoms with Crippen LogP contribution in [0.3, 0.4) is 0 Å². The maximum absolute atomic E-state index is 5.85. The summed E-state index contributed by atoms with van der Waals surface area (Å²) in [5.41, 5.74) is 3.15. The zero-order valence-electron chi connectivity index (χ0n) is 12.1. The lowest BCUT2D eigenvalue weighted by molar-refractivity contribution is 0.461. The molecule has 0 radical (unpaired) electrons. The van der Waals surface area contributed by atoms with E-state index in [0.29, 0.717) is 11.8 Å². The summed E-state index contributed by atoms with van der Waals surface area (Å²) < 4.78 is 6.96. The van der Waals surface area contributed by atoms with Crippen LogP contribution in [0.15, 0.2) is 22.7 Å². The van der Waals surface area contributed by atoms with Crippen molar-refractivity contribution in [3.63, 3.8) is 0 Å². The number of nitrogens with one attached hydrogen (secondary N) is 1. The van der Waals surface area contributed by atoms with Crippen molar-refractivity contribution in [3.05, 3.63) is 39.5 Å². The predicted molar refractivity (Wildman–Crippen MR) is 84.6 cm³/mol. The average Bonchev–Trinajstić information content (AvgIpc) is 2.35. The van der Waals surface area contributed by atoms with Crippen LogP contribution in [-0.2, 0) is 0 Å². The predicted octanol–water partition coefficient (Wildman–Crippen LogP) is 4.39. The third kappa shape index (κ3) is 3.48. The molecule has 0 bridgehead atoms. The Labute approximate surface area is 127 Å². The molecule has 0 saturated heterocycles. The van der Waals surface area contributed by atoms with Crippen molar-refractivity contribution < 1.29 is 4.74 Å². The number of aromatic nitrogens is 2. The summed E-state index contributed by atoms with van der Waals surface area (Å²) in [5.74, 6) is 1.92. The van der Waals surface area contributed by atoms with Crippen LogP contribution in [0.2, 0.25) is 0 Å². The number of benzene rings is 1. The largest absolute Gasteiger partial charge is 0.439 e. The molecule has 1 aromatic carbocycles. The monoisotopic (exact) mass is 335 g/mol. The van der Waals surface area contributed by atoms with Gasteiger partial charge in [0.2, 0.25) is 11.8 Å². The van der Waals surface area contributed by atoms with Crippen LogP contribution < -0.4 is 10.1 Å². The van der Waals surface area contributed by atoms with Crippen molar-refractivity contribution in [2.75, 3.05) is 11.9 Å². The lowest BCUT2D eigenvalue weighted by Gasteiger charge is -2.10. The van der Waals surface area contributed by atoms with E-state index in [0.717, 1.165) is 33.6 Å². The van der Waals surface area contributed by atoms with Gasteiger partial charge in [0.15, 0.2) is 0 Å². The van der Waals surface area contributed by atoms with E-state index in [2.05, 4.69) is 31.2 Å². The van der Waals surface area contributed by atoms with Gasteiger partial charge in [-0.1, -0.05) is 15.9 Å². The van der Waals surface area contributed by atoms with E-state index in [1.807, 2.05) is 45.9 Å². The van der Waals surface area contributed by atoms with E-state index < -0.39 is 0 Å². The molecule has 0 aliphatic rings. The first-order valence-electron chi connectivity index (χ1n) is 6.53. The average molecular weight is 336 g/mol. The fraction of sp³-hybridized carbons (Fsp3) is 0.333. The number of nitrogens with zero attached hydrogens (tertiary/aromatic N) is 2. The first kappa shape index (κ1) is 14.8. The minimum absolute atomic E-state index is 0.551. The van der Waals surface area contributed by atoms with Crippen LogP contribution in [0.4, 0.5) is 5.95 Å².